The third-order valence-corrected chi connectivity index (χ3v) is 20.9. The van der Waals surface area contributed by atoms with Gasteiger partial charge in [-0.1, -0.05) is 97.9 Å². The zero-order valence-corrected chi connectivity index (χ0v) is 69.1. The highest BCUT2D eigenvalue weighted by Crippen LogP contribution is 2.31. The molecular formula is C86H85Br2Cl2F3N12O7S. The van der Waals surface area contributed by atoms with Crippen molar-refractivity contribution >= 4 is 110 Å². The molecule has 586 valence electrons. The predicted octanol–water partition coefficient (Wildman–Crippen LogP) is 13.7. The first-order chi connectivity index (χ1) is 53.3. The highest BCUT2D eigenvalue weighted by molar-refractivity contribution is 9.10. The Morgan fingerprint density at radius 3 is 1.06 bits per heavy atom. The number of nitrogens with zero attached hydrogens (tertiary/aromatic N) is 11. The number of hydrogen-bond donors (Lipinski definition) is 1. The van der Waals surface area contributed by atoms with Gasteiger partial charge in [-0.2, -0.15) is 8.42 Å². The van der Waals surface area contributed by atoms with Crippen LogP contribution in [-0.4, -0.2) is 144 Å². The van der Waals surface area contributed by atoms with Crippen molar-refractivity contribution in [2.45, 2.75) is 80.4 Å². The molecule has 27 heteroatoms. The van der Waals surface area contributed by atoms with Crippen LogP contribution in [0, 0.1) is 53.5 Å². The first-order valence-electron chi connectivity index (χ1n) is 36.0. The van der Waals surface area contributed by atoms with E-state index in [0.717, 1.165) is 101 Å². The van der Waals surface area contributed by atoms with Crippen molar-refractivity contribution in [3.8, 4) is 36.0 Å². The maximum atomic E-state index is 13.3. The molecule has 0 saturated carbocycles. The molecule has 8 heterocycles. The van der Waals surface area contributed by atoms with Crippen LogP contribution in [-0.2, 0) is 40.0 Å². The van der Waals surface area contributed by atoms with Gasteiger partial charge in [0.15, 0.2) is 0 Å². The smallest absolute Gasteiger partial charge is 0.297 e. The van der Waals surface area contributed by atoms with Crippen LogP contribution >= 0.6 is 56.7 Å². The third-order valence-electron chi connectivity index (χ3n) is 18.6. The van der Waals surface area contributed by atoms with Gasteiger partial charge in [-0.3, -0.25) is 41.6 Å². The number of hydrogen-bond acceptors (Lipinski definition) is 15. The van der Waals surface area contributed by atoms with Gasteiger partial charge >= 0.3 is 0 Å². The lowest BCUT2D eigenvalue weighted by molar-refractivity contribution is 0.257. The fraction of sp³-hybridized carbons (Fsp3) is 0.279. The van der Waals surface area contributed by atoms with Crippen molar-refractivity contribution < 1.29 is 25.8 Å². The Balaban J connectivity index is 0.000000164. The van der Waals surface area contributed by atoms with Crippen molar-refractivity contribution in [3.05, 3.63) is 295 Å². The number of benzene rings is 8. The predicted molar refractivity (Wildman–Crippen MR) is 453 cm³/mol. The molecule has 4 aliphatic heterocycles. The molecular weight excluding hydrogens is 1630 g/mol. The summed E-state index contributed by atoms with van der Waals surface area (Å²) in [6.45, 7) is 2.46. The number of fused-ring (bicyclic) bond motifs is 8. The van der Waals surface area contributed by atoms with Crippen LogP contribution in [0.1, 0.15) is 101 Å². The highest BCUT2D eigenvalue weighted by atomic mass is 79.9. The fourth-order valence-corrected chi connectivity index (χ4v) is 15.4. The zero-order valence-electron chi connectivity index (χ0n) is 63.5. The number of likely N-dealkylation sites (N-methyl/N-ethyl adjacent to an activating group) is 3. The molecule has 0 radical (unpaired) electrons. The standard InChI is InChI=1S/2C22H20FN3O.C18H15BrN2O4S.C14H16BrN3O.C8H5F.C2H7N.2ClH/c2*1-25(2)14-18-9-11-21-24-20-13-16(8-10-19(20)22(27)26(18)21)7-6-15-4-3-5-17(23)12-15;19-12-6-8-15-16(10-12)20-17-9-7-13(21(17)18(15)22)11-25-26(23,24)14-4-2-1-3-5-14;1-17(2)8-10-4-6-13-16-12-7-9(15)3-5-11(12)14(19)18(10)13;1-2-7-4-3-5-8(9)6-7;1-3-2;;/h2*3-5,8,10,12-13,18H,9,11,14H2,1-2H3;1-6,8,10,13H,7,9,11H2;3,5,7,10H,4,6,8H2,1-2H3;1,3-6H;3H,1-2H3;2*1H. The van der Waals surface area contributed by atoms with Gasteiger partial charge in [0.05, 0.1) is 79.3 Å². The molecule has 0 aliphatic carbocycles. The Hall–Kier alpha value is -9.92. The van der Waals surface area contributed by atoms with Crippen LogP contribution in [0.2, 0.25) is 0 Å². The average Bonchev–Trinajstić information content (AvgIpc) is 1.49. The van der Waals surface area contributed by atoms with Crippen LogP contribution in [0.5, 0.6) is 0 Å². The largest absolute Gasteiger partial charge is 0.323 e. The van der Waals surface area contributed by atoms with Crippen molar-refractivity contribution in [1.29, 1.82) is 0 Å². The van der Waals surface area contributed by atoms with E-state index in [-0.39, 0.29) is 100 Å². The first-order valence-corrected chi connectivity index (χ1v) is 39.0. The number of aromatic nitrogens is 8. The summed E-state index contributed by atoms with van der Waals surface area (Å²) in [6.07, 6.45) is 11.6. The van der Waals surface area contributed by atoms with Gasteiger partial charge in [0.1, 0.15) is 40.7 Å². The number of halogens is 7. The average molecular weight is 1720 g/mol. The quantitative estimate of drug-likeness (QED) is 0.0999. The second-order valence-electron chi connectivity index (χ2n) is 27.9. The topological polar surface area (TPSA) is 205 Å². The van der Waals surface area contributed by atoms with Crippen LogP contribution in [0.3, 0.4) is 0 Å². The minimum atomic E-state index is -3.85. The monoisotopic (exact) mass is 1710 g/mol. The van der Waals surface area contributed by atoms with E-state index < -0.39 is 10.1 Å². The van der Waals surface area contributed by atoms with E-state index in [2.05, 4.69) is 91.4 Å². The molecule has 113 heavy (non-hydrogen) atoms. The van der Waals surface area contributed by atoms with Crippen molar-refractivity contribution in [3.63, 3.8) is 0 Å². The second-order valence-corrected chi connectivity index (χ2v) is 31.3. The summed E-state index contributed by atoms with van der Waals surface area (Å²) in [5.41, 5.74) is 6.04. The maximum absolute atomic E-state index is 13.3. The Morgan fingerprint density at radius 2 is 0.735 bits per heavy atom. The molecule has 0 spiro atoms. The first kappa shape index (κ1) is 87.1. The molecule has 19 nitrogen and oxygen atoms in total. The number of aryl methyl sites for hydroxylation is 4. The summed E-state index contributed by atoms with van der Waals surface area (Å²) in [7, 11) is 12.0. The maximum Gasteiger partial charge on any atom is 0.297 e. The molecule has 1 N–H and O–H groups in total. The number of nitrogens with one attached hydrogen (secondary N) is 1. The molecule has 4 atom stereocenters. The minimum Gasteiger partial charge on any atom is -0.323 e. The summed E-state index contributed by atoms with van der Waals surface area (Å²) in [4.78, 5) is 76.5. The summed E-state index contributed by atoms with van der Waals surface area (Å²) < 4.78 is 77.6. The lowest BCUT2D eigenvalue weighted by Gasteiger charge is -2.19. The molecule has 0 fully saturated rings. The number of rotatable bonds is 10. The molecule has 4 aromatic heterocycles. The molecule has 4 unspecified atom stereocenters. The normalized spacial score (nSPS) is 15.2. The van der Waals surface area contributed by atoms with Gasteiger partial charge < -0.3 is 20.0 Å². The molecule has 4 aliphatic rings. The minimum absolute atomic E-state index is 0. The van der Waals surface area contributed by atoms with Crippen LogP contribution in [0.25, 0.3) is 43.6 Å². The van der Waals surface area contributed by atoms with E-state index in [1.54, 1.807) is 89.5 Å². The van der Waals surface area contributed by atoms with Crippen molar-refractivity contribution in [2.75, 3.05) is 82.6 Å². The Labute approximate surface area is 683 Å². The van der Waals surface area contributed by atoms with E-state index in [0.29, 0.717) is 73.5 Å². The molecule has 0 saturated heterocycles. The van der Waals surface area contributed by atoms with Crippen LogP contribution in [0.4, 0.5) is 13.2 Å². The van der Waals surface area contributed by atoms with E-state index in [9.17, 15) is 40.8 Å². The summed E-state index contributed by atoms with van der Waals surface area (Å²) in [6, 6.07) is 48.4. The van der Waals surface area contributed by atoms with E-state index >= 15 is 0 Å². The zero-order chi connectivity index (χ0) is 79.2. The molecule has 0 bridgehead atoms. The Morgan fingerprint density at radius 1 is 0.434 bits per heavy atom. The van der Waals surface area contributed by atoms with Gasteiger partial charge in [-0.25, -0.2) is 33.1 Å². The van der Waals surface area contributed by atoms with Crippen LogP contribution < -0.4 is 27.6 Å². The number of terminal acetylenes is 1. The lowest BCUT2D eigenvalue weighted by Crippen LogP contribution is -2.30. The van der Waals surface area contributed by atoms with Crippen molar-refractivity contribution in [2.24, 2.45) is 0 Å². The van der Waals surface area contributed by atoms with Gasteiger partial charge in [0.25, 0.3) is 32.4 Å². The van der Waals surface area contributed by atoms with Crippen molar-refractivity contribution in [1.82, 2.24) is 58.2 Å². The van der Waals surface area contributed by atoms with Gasteiger partial charge in [0, 0.05) is 82.1 Å². The Bertz CT molecular complexity index is 5840. The molecule has 12 aromatic rings. The molecule has 8 aromatic carbocycles. The van der Waals surface area contributed by atoms with E-state index in [1.807, 2.05) is 113 Å². The highest BCUT2D eigenvalue weighted by Gasteiger charge is 2.31. The Kier molecular flexibility index (Phi) is 30.6. The fourth-order valence-electron chi connectivity index (χ4n) is 13.8. The SMILES string of the molecule is C#Cc1cccc(F)c1.CN(C)CC1CCc2nc3cc(Br)ccc3c(=O)n21.CN(C)CC1CCc2nc3cc(C#Cc4cccc(F)c4)ccc3c(=O)n21.CN(C)CC1CCc2nc3cc(C#Cc4cccc(F)c4)ccc3c(=O)n21.CNC.Cl.Cl.O=c1c2ccc(Br)cc2nc2n1C(COS(=O)(=O)c1ccccc1)CC2. The third kappa shape index (κ3) is 21.9. The van der Waals surface area contributed by atoms with E-state index in [4.69, 9.17) is 20.6 Å². The summed E-state index contributed by atoms with van der Waals surface area (Å²) >= 11 is 6.81. The molecule has 0 amide bonds. The van der Waals surface area contributed by atoms with Gasteiger partial charge in [-0.15, -0.1) is 31.2 Å². The van der Waals surface area contributed by atoms with E-state index in [1.165, 1.54) is 48.5 Å². The summed E-state index contributed by atoms with van der Waals surface area (Å²) in [5.74, 6) is 16.7. The van der Waals surface area contributed by atoms with Gasteiger partial charge in [0.2, 0.25) is 0 Å². The second kappa shape index (κ2) is 39.7. The van der Waals surface area contributed by atoms with Crippen LogP contribution in [0.15, 0.2) is 209 Å². The lowest BCUT2D eigenvalue weighted by atomic mass is 10.1. The van der Waals surface area contributed by atoms with Gasteiger partial charge in [-0.05, 0) is 222 Å². The summed E-state index contributed by atoms with van der Waals surface area (Å²) in [5, 5.41) is 5.19. The molecule has 16 rings (SSSR count).